The molecule has 1 heterocycles. The molecule has 3 rings (SSSR count). The molecule has 0 radical (unpaired) electrons. The molecule has 0 aliphatic carbocycles. The fourth-order valence-corrected chi connectivity index (χ4v) is 3.68. The Morgan fingerprint density at radius 2 is 1.77 bits per heavy atom. The Morgan fingerprint density at radius 1 is 1.07 bits per heavy atom. The van der Waals surface area contributed by atoms with Crippen LogP contribution in [0.15, 0.2) is 42.5 Å². The van der Waals surface area contributed by atoms with E-state index in [9.17, 15) is 9.59 Å². The van der Waals surface area contributed by atoms with Gasteiger partial charge in [-0.05, 0) is 74.1 Å². The van der Waals surface area contributed by atoms with Crippen LogP contribution in [-0.2, 0) is 16.0 Å². The summed E-state index contributed by atoms with van der Waals surface area (Å²) in [5.41, 5.74) is 3.45. The molecule has 1 fully saturated rings. The van der Waals surface area contributed by atoms with Crippen molar-refractivity contribution in [2.24, 2.45) is 0 Å². The van der Waals surface area contributed by atoms with Gasteiger partial charge < -0.3 is 15.0 Å². The van der Waals surface area contributed by atoms with E-state index in [0.717, 1.165) is 24.0 Å². The molecule has 1 aliphatic heterocycles. The summed E-state index contributed by atoms with van der Waals surface area (Å²) in [6.45, 7) is 5.40. The van der Waals surface area contributed by atoms with E-state index in [1.807, 2.05) is 61.2 Å². The van der Waals surface area contributed by atoms with Crippen molar-refractivity contribution in [1.29, 1.82) is 0 Å². The average molecular weight is 429 g/mol. The summed E-state index contributed by atoms with van der Waals surface area (Å²) in [6.07, 6.45) is 2.73. The Hall–Kier alpha value is -2.53. The van der Waals surface area contributed by atoms with Gasteiger partial charge in [0.2, 0.25) is 5.91 Å². The van der Waals surface area contributed by atoms with Gasteiger partial charge in [0.1, 0.15) is 5.75 Å². The Morgan fingerprint density at radius 3 is 2.43 bits per heavy atom. The lowest BCUT2D eigenvalue weighted by atomic mass is 10.0. The highest BCUT2D eigenvalue weighted by Gasteiger charge is 2.23. The molecule has 0 aromatic heterocycles. The van der Waals surface area contributed by atoms with Crippen LogP contribution in [0.5, 0.6) is 5.75 Å². The number of nitrogens with zero attached hydrogens (tertiary/aromatic N) is 1. The lowest BCUT2D eigenvalue weighted by molar-refractivity contribution is -0.132. The zero-order valence-electron chi connectivity index (χ0n) is 17.6. The predicted octanol–water partition coefficient (Wildman–Crippen LogP) is 4.08. The Bertz CT molecular complexity index is 875. The first-order valence-electron chi connectivity index (χ1n) is 10.4. The van der Waals surface area contributed by atoms with Gasteiger partial charge >= 0.3 is 0 Å². The zero-order chi connectivity index (χ0) is 21.5. The molecule has 6 heteroatoms. The van der Waals surface area contributed by atoms with Crippen LogP contribution in [0.1, 0.15) is 36.0 Å². The number of piperidine rings is 1. The van der Waals surface area contributed by atoms with E-state index in [1.165, 1.54) is 5.56 Å². The van der Waals surface area contributed by atoms with Crippen LogP contribution in [-0.4, -0.2) is 42.5 Å². The van der Waals surface area contributed by atoms with Crippen LogP contribution in [0.25, 0.3) is 0 Å². The largest absolute Gasteiger partial charge is 0.484 e. The molecule has 1 N–H and O–H groups in total. The van der Waals surface area contributed by atoms with Gasteiger partial charge in [-0.2, -0.15) is 0 Å². The summed E-state index contributed by atoms with van der Waals surface area (Å²) in [7, 11) is 0. The molecule has 160 valence electrons. The quantitative estimate of drug-likeness (QED) is 0.723. The second kappa shape index (κ2) is 10.5. The fourth-order valence-electron chi connectivity index (χ4n) is 3.56. The highest BCUT2D eigenvalue weighted by atomic mass is 35.5. The molecule has 2 aromatic rings. The minimum Gasteiger partial charge on any atom is -0.484 e. The maximum Gasteiger partial charge on any atom is 0.258 e. The van der Waals surface area contributed by atoms with E-state index >= 15 is 0 Å². The topological polar surface area (TPSA) is 58.6 Å². The monoisotopic (exact) mass is 428 g/mol. The molecular weight excluding hydrogens is 400 g/mol. The van der Waals surface area contributed by atoms with E-state index in [2.05, 4.69) is 5.32 Å². The molecule has 0 atom stereocenters. The van der Waals surface area contributed by atoms with Crippen LogP contribution >= 0.6 is 11.6 Å². The van der Waals surface area contributed by atoms with Gasteiger partial charge in [0.25, 0.3) is 5.91 Å². The number of amides is 2. The van der Waals surface area contributed by atoms with Gasteiger partial charge in [-0.15, -0.1) is 0 Å². The van der Waals surface area contributed by atoms with E-state index in [0.29, 0.717) is 36.7 Å². The number of likely N-dealkylation sites (tertiary alicyclic amines) is 1. The van der Waals surface area contributed by atoms with Crippen molar-refractivity contribution < 1.29 is 14.3 Å². The van der Waals surface area contributed by atoms with Crippen molar-refractivity contribution in [1.82, 2.24) is 10.2 Å². The van der Waals surface area contributed by atoms with Gasteiger partial charge in [-0.25, -0.2) is 0 Å². The minimum absolute atomic E-state index is 0.00272. The third-order valence-corrected chi connectivity index (χ3v) is 5.85. The first-order valence-corrected chi connectivity index (χ1v) is 10.8. The Kier molecular flexibility index (Phi) is 7.75. The molecule has 0 spiro atoms. The van der Waals surface area contributed by atoms with E-state index in [1.54, 1.807) is 0 Å². The number of carbonyl (C=O) groups excluding carboxylic acids is 2. The summed E-state index contributed by atoms with van der Waals surface area (Å²) in [5, 5.41) is 3.73. The maximum absolute atomic E-state index is 12.5. The molecule has 2 amide bonds. The number of hydrogen-bond donors (Lipinski definition) is 1. The number of rotatable bonds is 7. The van der Waals surface area contributed by atoms with Gasteiger partial charge in [0.15, 0.2) is 6.61 Å². The normalized spacial score (nSPS) is 14.4. The summed E-state index contributed by atoms with van der Waals surface area (Å²) in [6, 6.07) is 13.5. The van der Waals surface area contributed by atoms with Gasteiger partial charge in [0.05, 0.1) is 0 Å². The second-order valence-electron chi connectivity index (χ2n) is 7.88. The summed E-state index contributed by atoms with van der Waals surface area (Å²) in [4.78, 5) is 26.6. The van der Waals surface area contributed by atoms with Gasteiger partial charge in [0, 0.05) is 30.6 Å². The number of carbonyl (C=O) groups is 2. The van der Waals surface area contributed by atoms with Crippen LogP contribution in [0, 0.1) is 13.8 Å². The van der Waals surface area contributed by atoms with Crippen molar-refractivity contribution in [2.75, 3.05) is 19.7 Å². The third-order valence-electron chi connectivity index (χ3n) is 5.60. The zero-order valence-corrected chi connectivity index (χ0v) is 18.4. The molecule has 2 aromatic carbocycles. The number of aryl methyl sites for hydroxylation is 3. The Labute approximate surface area is 183 Å². The summed E-state index contributed by atoms with van der Waals surface area (Å²) < 4.78 is 5.60. The van der Waals surface area contributed by atoms with Crippen molar-refractivity contribution >= 4 is 23.4 Å². The highest BCUT2D eigenvalue weighted by Crippen LogP contribution is 2.17. The number of nitrogens with one attached hydrogen (secondary N) is 1. The van der Waals surface area contributed by atoms with E-state index in [-0.39, 0.29) is 24.5 Å². The molecular formula is C24H29ClN2O3. The van der Waals surface area contributed by atoms with E-state index < -0.39 is 0 Å². The lowest BCUT2D eigenvalue weighted by Gasteiger charge is -2.32. The van der Waals surface area contributed by atoms with E-state index in [4.69, 9.17) is 16.3 Å². The molecule has 0 bridgehead atoms. The molecule has 30 heavy (non-hydrogen) atoms. The van der Waals surface area contributed by atoms with Crippen LogP contribution < -0.4 is 10.1 Å². The van der Waals surface area contributed by atoms with Crippen LogP contribution in [0.3, 0.4) is 0 Å². The predicted molar refractivity (Wildman–Crippen MR) is 119 cm³/mol. The third kappa shape index (κ3) is 6.49. The van der Waals surface area contributed by atoms with Crippen molar-refractivity contribution in [3.63, 3.8) is 0 Å². The van der Waals surface area contributed by atoms with Crippen LogP contribution in [0.4, 0.5) is 0 Å². The molecule has 5 nitrogen and oxygen atoms in total. The van der Waals surface area contributed by atoms with Crippen molar-refractivity contribution in [3.05, 3.63) is 64.2 Å². The number of ether oxygens (including phenoxy) is 1. The minimum atomic E-state index is -0.124. The second-order valence-corrected chi connectivity index (χ2v) is 8.32. The summed E-state index contributed by atoms with van der Waals surface area (Å²) >= 11 is 5.90. The van der Waals surface area contributed by atoms with Crippen molar-refractivity contribution in [3.8, 4) is 5.75 Å². The smallest absolute Gasteiger partial charge is 0.258 e. The lowest BCUT2D eigenvalue weighted by Crippen LogP contribution is -2.47. The van der Waals surface area contributed by atoms with Gasteiger partial charge in [-0.3, -0.25) is 9.59 Å². The summed E-state index contributed by atoms with van der Waals surface area (Å²) in [5.74, 6) is 0.739. The highest BCUT2D eigenvalue weighted by molar-refractivity contribution is 6.30. The maximum atomic E-state index is 12.5. The first kappa shape index (κ1) is 22.2. The number of halogens is 1. The van der Waals surface area contributed by atoms with Crippen LogP contribution in [0.2, 0.25) is 5.02 Å². The molecule has 0 saturated carbocycles. The number of benzene rings is 2. The average Bonchev–Trinajstić information content (AvgIpc) is 2.74. The molecule has 1 aliphatic rings. The number of hydrogen-bond acceptors (Lipinski definition) is 3. The van der Waals surface area contributed by atoms with Gasteiger partial charge in [-0.1, -0.05) is 29.8 Å². The Balaban J connectivity index is 1.36. The molecule has 0 unspecified atom stereocenters. The SMILES string of the molecule is Cc1ccc(OCC(=O)NC2CCN(C(=O)CCc3ccc(Cl)cc3)CC2)cc1C. The van der Waals surface area contributed by atoms with Crippen molar-refractivity contribution in [2.45, 2.75) is 45.6 Å². The molecule has 1 saturated heterocycles. The standard InChI is InChI=1S/C24H29ClN2O3/c1-17-3-9-22(15-18(17)2)30-16-23(28)26-21-11-13-27(14-12-21)24(29)10-6-19-4-7-20(25)8-5-19/h3-5,7-9,15,21H,6,10-14,16H2,1-2H3,(H,26,28). The first-order chi connectivity index (χ1) is 14.4. The fraction of sp³-hybridized carbons (Fsp3) is 0.417.